The van der Waals surface area contributed by atoms with Gasteiger partial charge in [0.05, 0.1) is 26.2 Å². The molecule has 2 rings (SSSR count). The van der Waals surface area contributed by atoms with E-state index in [1.54, 1.807) is 6.92 Å². The van der Waals surface area contributed by atoms with Crippen molar-refractivity contribution in [2.45, 2.75) is 46.6 Å². The fraction of sp³-hybridized carbons (Fsp3) is 0.500. The molecule has 0 N–H and O–H groups in total. The number of benzene rings is 1. The van der Waals surface area contributed by atoms with Crippen LogP contribution in [0, 0.1) is 6.92 Å². The van der Waals surface area contributed by atoms with E-state index >= 15 is 0 Å². The highest BCUT2D eigenvalue weighted by Gasteiger charge is 2.21. The van der Waals surface area contributed by atoms with Crippen molar-refractivity contribution >= 4 is 11.9 Å². The predicted octanol–water partition coefficient (Wildman–Crippen LogP) is 3.82. The van der Waals surface area contributed by atoms with E-state index in [-0.39, 0.29) is 25.0 Å². The molecular formula is C24H34N2O4. The Kier molecular flexibility index (Phi) is 10.1. The summed E-state index contributed by atoms with van der Waals surface area (Å²) in [4.78, 5) is 28.8. The molecule has 0 aliphatic rings. The van der Waals surface area contributed by atoms with Crippen molar-refractivity contribution in [1.29, 1.82) is 0 Å². The molecule has 1 amide bonds. The van der Waals surface area contributed by atoms with Gasteiger partial charge in [0.15, 0.2) is 0 Å². The molecule has 6 heteroatoms. The van der Waals surface area contributed by atoms with Crippen LogP contribution in [0.1, 0.15) is 43.8 Å². The third kappa shape index (κ3) is 8.41. The van der Waals surface area contributed by atoms with E-state index in [1.807, 2.05) is 47.1 Å². The molecule has 1 aromatic carbocycles. The number of esters is 1. The highest BCUT2D eigenvalue weighted by atomic mass is 16.5. The van der Waals surface area contributed by atoms with Crippen molar-refractivity contribution in [2.24, 2.45) is 0 Å². The molecule has 0 aliphatic heterocycles. The number of hydrogen-bond acceptors (Lipinski definition) is 5. The molecule has 0 saturated carbocycles. The molecule has 6 nitrogen and oxygen atoms in total. The average molecular weight is 415 g/mol. The van der Waals surface area contributed by atoms with E-state index in [0.717, 1.165) is 30.8 Å². The van der Waals surface area contributed by atoms with Crippen LogP contribution in [0.4, 0.5) is 0 Å². The van der Waals surface area contributed by atoms with Gasteiger partial charge in [-0.3, -0.25) is 14.5 Å². The van der Waals surface area contributed by atoms with Crippen LogP contribution in [0.5, 0.6) is 0 Å². The molecule has 0 fully saturated rings. The van der Waals surface area contributed by atoms with Crippen molar-refractivity contribution < 1.29 is 18.7 Å². The molecular weight excluding hydrogens is 380 g/mol. The number of furan rings is 1. The van der Waals surface area contributed by atoms with Crippen LogP contribution in [0.25, 0.3) is 0 Å². The lowest BCUT2D eigenvalue weighted by Gasteiger charge is -2.26. The third-order valence-electron chi connectivity index (χ3n) is 4.85. The molecule has 0 atom stereocenters. The van der Waals surface area contributed by atoms with Crippen molar-refractivity contribution in [3.05, 3.63) is 59.5 Å². The molecule has 0 aliphatic carbocycles. The van der Waals surface area contributed by atoms with E-state index in [4.69, 9.17) is 9.15 Å². The van der Waals surface area contributed by atoms with E-state index in [0.29, 0.717) is 26.2 Å². The number of carbonyl (C=O) groups excluding carboxylic acids is 2. The van der Waals surface area contributed by atoms with Crippen LogP contribution in [0.15, 0.2) is 46.9 Å². The van der Waals surface area contributed by atoms with Crippen LogP contribution >= 0.6 is 0 Å². The Morgan fingerprint density at radius 3 is 2.40 bits per heavy atom. The lowest BCUT2D eigenvalue weighted by molar-refractivity contribution is -0.145. The number of carbonyl (C=O) groups is 2. The minimum absolute atomic E-state index is 0.0135. The quantitative estimate of drug-likeness (QED) is 0.466. The van der Waals surface area contributed by atoms with Gasteiger partial charge in [-0.1, -0.05) is 43.7 Å². The molecule has 0 saturated heterocycles. The van der Waals surface area contributed by atoms with Gasteiger partial charge in [-0.15, -0.1) is 0 Å². The summed E-state index contributed by atoms with van der Waals surface area (Å²) in [6.07, 6.45) is 2.68. The summed E-state index contributed by atoms with van der Waals surface area (Å²) in [6, 6.07) is 13.9. The first-order chi connectivity index (χ1) is 14.5. The van der Waals surface area contributed by atoms with E-state index in [2.05, 4.69) is 19.1 Å². The molecule has 1 aromatic heterocycles. The summed E-state index contributed by atoms with van der Waals surface area (Å²) in [5, 5.41) is 0. The number of ether oxygens (including phenoxy) is 1. The average Bonchev–Trinajstić information content (AvgIpc) is 3.14. The summed E-state index contributed by atoms with van der Waals surface area (Å²) in [6.45, 7) is 8.13. The second-order valence-electron chi connectivity index (χ2n) is 7.43. The highest BCUT2D eigenvalue weighted by molar-refractivity contribution is 5.79. The molecule has 0 spiro atoms. The fourth-order valence-electron chi connectivity index (χ4n) is 3.24. The summed E-state index contributed by atoms with van der Waals surface area (Å²) in [7, 11) is 0. The minimum atomic E-state index is -0.293. The molecule has 0 unspecified atom stereocenters. The zero-order chi connectivity index (χ0) is 21.8. The number of hydrogen-bond donors (Lipinski definition) is 0. The Balaban J connectivity index is 2.06. The van der Waals surface area contributed by atoms with Crippen molar-refractivity contribution in [2.75, 3.05) is 32.8 Å². The summed E-state index contributed by atoms with van der Waals surface area (Å²) in [5.74, 6) is 1.28. The Morgan fingerprint density at radius 2 is 1.77 bits per heavy atom. The van der Waals surface area contributed by atoms with Gasteiger partial charge in [0.25, 0.3) is 0 Å². The Morgan fingerprint density at radius 1 is 1.00 bits per heavy atom. The molecule has 0 bridgehead atoms. The normalized spacial score (nSPS) is 10.9. The topological polar surface area (TPSA) is 63.0 Å². The smallest absolute Gasteiger partial charge is 0.320 e. The largest absolute Gasteiger partial charge is 0.465 e. The lowest BCUT2D eigenvalue weighted by atomic mass is 10.1. The summed E-state index contributed by atoms with van der Waals surface area (Å²) in [5.41, 5.74) is 1.18. The molecule has 2 aromatic rings. The van der Waals surface area contributed by atoms with Crippen molar-refractivity contribution in [1.82, 2.24) is 9.80 Å². The molecule has 1 heterocycles. The molecule has 30 heavy (non-hydrogen) atoms. The van der Waals surface area contributed by atoms with Crippen molar-refractivity contribution in [3.63, 3.8) is 0 Å². The molecule has 164 valence electrons. The SMILES string of the molecule is CCCCN(CC(=O)OCC)CC(=O)N(CCc1ccccc1)Cc1ccc(C)o1. The minimum Gasteiger partial charge on any atom is -0.465 e. The van der Waals surface area contributed by atoms with Gasteiger partial charge in [0.2, 0.25) is 5.91 Å². The number of amides is 1. The van der Waals surface area contributed by atoms with Crippen LogP contribution in [0.2, 0.25) is 0 Å². The van der Waals surface area contributed by atoms with Gasteiger partial charge in [0.1, 0.15) is 11.5 Å². The van der Waals surface area contributed by atoms with Gasteiger partial charge in [-0.2, -0.15) is 0 Å². The van der Waals surface area contributed by atoms with Gasteiger partial charge < -0.3 is 14.1 Å². The highest BCUT2D eigenvalue weighted by Crippen LogP contribution is 2.12. The van der Waals surface area contributed by atoms with Crippen LogP contribution in [0.3, 0.4) is 0 Å². The van der Waals surface area contributed by atoms with E-state index < -0.39 is 0 Å². The second-order valence-corrected chi connectivity index (χ2v) is 7.43. The Hall–Kier alpha value is -2.60. The Labute approximate surface area is 179 Å². The van der Waals surface area contributed by atoms with Gasteiger partial charge in [0, 0.05) is 6.54 Å². The van der Waals surface area contributed by atoms with Gasteiger partial charge in [-0.05, 0) is 50.9 Å². The Bertz CT molecular complexity index is 773. The third-order valence-corrected chi connectivity index (χ3v) is 4.85. The first-order valence-corrected chi connectivity index (χ1v) is 10.8. The van der Waals surface area contributed by atoms with E-state index in [1.165, 1.54) is 5.56 Å². The van der Waals surface area contributed by atoms with Gasteiger partial charge >= 0.3 is 5.97 Å². The van der Waals surface area contributed by atoms with Crippen LogP contribution in [-0.4, -0.2) is 54.5 Å². The van der Waals surface area contributed by atoms with Crippen LogP contribution < -0.4 is 0 Å². The fourth-order valence-corrected chi connectivity index (χ4v) is 3.24. The zero-order valence-electron chi connectivity index (χ0n) is 18.4. The second kappa shape index (κ2) is 12.9. The zero-order valence-corrected chi connectivity index (χ0v) is 18.4. The number of rotatable bonds is 13. The maximum Gasteiger partial charge on any atom is 0.320 e. The standard InChI is InChI=1S/C24H34N2O4/c1-4-6-15-25(19-24(28)29-5-2)18-23(27)26(17-22-13-12-20(3)30-22)16-14-21-10-8-7-9-11-21/h7-13H,4-6,14-19H2,1-3H3. The first kappa shape index (κ1) is 23.7. The van der Waals surface area contributed by atoms with Crippen molar-refractivity contribution in [3.8, 4) is 0 Å². The number of unbranched alkanes of at least 4 members (excludes halogenated alkanes) is 1. The monoisotopic (exact) mass is 414 g/mol. The predicted molar refractivity (Wildman–Crippen MR) is 117 cm³/mol. The first-order valence-electron chi connectivity index (χ1n) is 10.8. The lowest BCUT2D eigenvalue weighted by Crippen LogP contribution is -2.43. The van der Waals surface area contributed by atoms with E-state index in [9.17, 15) is 9.59 Å². The maximum absolute atomic E-state index is 13.2. The number of nitrogens with zero attached hydrogens (tertiary/aromatic N) is 2. The molecule has 0 radical (unpaired) electrons. The van der Waals surface area contributed by atoms with Gasteiger partial charge in [-0.25, -0.2) is 0 Å². The summed E-state index contributed by atoms with van der Waals surface area (Å²) < 4.78 is 10.8. The van der Waals surface area contributed by atoms with Crippen LogP contribution in [-0.2, 0) is 27.3 Å². The number of aryl methyl sites for hydroxylation is 1. The summed E-state index contributed by atoms with van der Waals surface area (Å²) >= 11 is 0. The maximum atomic E-state index is 13.2.